The van der Waals surface area contributed by atoms with Crippen LogP contribution in [-0.4, -0.2) is 28.3 Å². The van der Waals surface area contributed by atoms with Crippen LogP contribution in [0, 0.1) is 12.8 Å². The van der Waals surface area contributed by atoms with Gasteiger partial charge >= 0.3 is 0 Å². The molecule has 1 aliphatic carbocycles. The van der Waals surface area contributed by atoms with Crippen LogP contribution in [0.4, 0.5) is 0 Å². The van der Waals surface area contributed by atoms with Gasteiger partial charge in [0.05, 0.1) is 23.1 Å². The highest BCUT2D eigenvalue weighted by Crippen LogP contribution is 2.32. The number of aromatic nitrogens is 2. The Bertz CT molecular complexity index is 697. The summed E-state index contributed by atoms with van der Waals surface area (Å²) in [5.41, 5.74) is 7.93. The van der Waals surface area contributed by atoms with Crippen molar-refractivity contribution < 1.29 is 4.79 Å². The molecule has 23 heavy (non-hydrogen) atoms. The van der Waals surface area contributed by atoms with E-state index < -0.39 is 0 Å². The molecule has 0 radical (unpaired) electrons. The molecule has 1 amide bonds. The zero-order valence-corrected chi connectivity index (χ0v) is 14.4. The van der Waals surface area contributed by atoms with Crippen LogP contribution in [0.1, 0.15) is 28.9 Å². The highest BCUT2D eigenvalue weighted by atomic mass is 35.5. The minimum absolute atomic E-state index is 0. The first-order valence-corrected chi connectivity index (χ1v) is 7.79. The van der Waals surface area contributed by atoms with Gasteiger partial charge in [-0.1, -0.05) is 17.7 Å². The normalized spacial score (nSPS) is 14.9. The number of amides is 1. The Balaban J connectivity index is 0.00000192. The topological polar surface area (TPSA) is 72.9 Å². The van der Waals surface area contributed by atoms with Crippen molar-refractivity contribution in [2.45, 2.75) is 25.8 Å². The zero-order valence-electron chi connectivity index (χ0n) is 12.8. The molecule has 0 spiro atoms. The standard InChI is InChI=1S/C16H19ClN4O.ClH/c1-10-14(16(22)20-15(8-18)11-5-6-11)9-19-21(10)13-4-2-3-12(17)7-13;/h2-4,7,9,11,15H,5-6,8,18H2,1H3,(H,20,22);1H. The molecule has 1 unspecified atom stereocenters. The van der Waals surface area contributed by atoms with E-state index in [0.717, 1.165) is 24.2 Å². The van der Waals surface area contributed by atoms with Crippen molar-refractivity contribution in [1.29, 1.82) is 0 Å². The number of carbonyl (C=O) groups excluding carboxylic acids is 1. The molecule has 124 valence electrons. The summed E-state index contributed by atoms with van der Waals surface area (Å²) in [4.78, 5) is 12.4. The van der Waals surface area contributed by atoms with Crippen LogP contribution >= 0.6 is 24.0 Å². The van der Waals surface area contributed by atoms with Crippen molar-refractivity contribution >= 4 is 29.9 Å². The van der Waals surface area contributed by atoms with Gasteiger partial charge in [-0.2, -0.15) is 5.10 Å². The number of nitrogens with zero attached hydrogens (tertiary/aromatic N) is 2. The molecule has 1 aliphatic rings. The second-order valence-electron chi connectivity index (χ2n) is 5.69. The van der Waals surface area contributed by atoms with Crippen molar-refractivity contribution in [2.24, 2.45) is 11.7 Å². The number of nitrogens with one attached hydrogen (secondary N) is 1. The van der Waals surface area contributed by atoms with E-state index in [1.165, 1.54) is 0 Å². The summed E-state index contributed by atoms with van der Waals surface area (Å²) in [6.07, 6.45) is 3.87. The van der Waals surface area contributed by atoms with E-state index in [0.29, 0.717) is 23.0 Å². The van der Waals surface area contributed by atoms with Crippen LogP contribution < -0.4 is 11.1 Å². The van der Waals surface area contributed by atoms with Gasteiger partial charge < -0.3 is 11.1 Å². The molecule has 1 atom stereocenters. The summed E-state index contributed by atoms with van der Waals surface area (Å²) in [5, 5.41) is 7.96. The first-order chi connectivity index (χ1) is 10.6. The Morgan fingerprint density at radius 3 is 2.87 bits per heavy atom. The van der Waals surface area contributed by atoms with E-state index in [4.69, 9.17) is 17.3 Å². The summed E-state index contributed by atoms with van der Waals surface area (Å²) < 4.78 is 1.72. The lowest BCUT2D eigenvalue weighted by Crippen LogP contribution is -2.41. The van der Waals surface area contributed by atoms with Crippen molar-refractivity contribution in [2.75, 3.05) is 6.54 Å². The average Bonchev–Trinajstić information content (AvgIpc) is 3.27. The van der Waals surface area contributed by atoms with Crippen LogP contribution in [-0.2, 0) is 0 Å². The number of rotatable bonds is 5. The van der Waals surface area contributed by atoms with Crippen molar-refractivity contribution in [3.05, 3.63) is 46.7 Å². The molecule has 7 heteroatoms. The lowest BCUT2D eigenvalue weighted by molar-refractivity contribution is 0.0933. The van der Waals surface area contributed by atoms with E-state index in [2.05, 4.69) is 10.4 Å². The average molecular weight is 355 g/mol. The lowest BCUT2D eigenvalue weighted by atomic mass is 10.1. The number of hydrogen-bond acceptors (Lipinski definition) is 3. The van der Waals surface area contributed by atoms with Crippen LogP contribution in [0.3, 0.4) is 0 Å². The number of halogens is 2. The van der Waals surface area contributed by atoms with Gasteiger partial charge in [0, 0.05) is 17.6 Å². The van der Waals surface area contributed by atoms with E-state index in [-0.39, 0.29) is 24.4 Å². The molecule has 1 fully saturated rings. The van der Waals surface area contributed by atoms with Gasteiger partial charge in [-0.05, 0) is 43.9 Å². The van der Waals surface area contributed by atoms with Gasteiger partial charge in [0.1, 0.15) is 0 Å². The van der Waals surface area contributed by atoms with Crippen LogP contribution in [0.5, 0.6) is 0 Å². The van der Waals surface area contributed by atoms with Crippen LogP contribution in [0.25, 0.3) is 5.69 Å². The van der Waals surface area contributed by atoms with Crippen molar-refractivity contribution in [3.8, 4) is 5.69 Å². The molecule has 3 rings (SSSR count). The molecular weight excluding hydrogens is 335 g/mol. The molecule has 1 saturated carbocycles. The first kappa shape index (κ1) is 17.8. The van der Waals surface area contributed by atoms with Gasteiger partial charge in [-0.3, -0.25) is 4.79 Å². The summed E-state index contributed by atoms with van der Waals surface area (Å²) in [7, 11) is 0. The fourth-order valence-corrected chi connectivity index (χ4v) is 2.80. The molecular formula is C16H20Cl2N4O. The third-order valence-corrected chi connectivity index (χ3v) is 4.30. The van der Waals surface area contributed by atoms with Crippen molar-refractivity contribution in [1.82, 2.24) is 15.1 Å². The zero-order chi connectivity index (χ0) is 15.7. The van der Waals surface area contributed by atoms with E-state index >= 15 is 0 Å². The summed E-state index contributed by atoms with van der Waals surface area (Å²) in [5.74, 6) is 0.408. The maximum atomic E-state index is 12.4. The van der Waals surface area contributed by atoms with Crippen LogP contribution in [0.2, 0.25) is 5.02 Å². The molecule has 0 bridgehead atoms. The first-order valence-electron chi connectivity index (χ1n) is 7.41. The quantitative estimate of drug-likeness (QED) is 0.866. The Hall–Kier alpha value is -1.56. The van der Waals surface area contributed by atoms with Gasteiger partial charge in [0.2, 0.25) is 0 Å². The molecule has 2 aromatic rings. The smallest absolute Gasteiger partial charge is 0.255 e. The molecule has 3 N–H and O–H groups in total. The molecule has 1 aromatic carbocycles. The molecule has 0 aliphatic heterocycles. The van der Waals surface area contributed by atoms with Gasteiger partial charge in [-0.25, -0.2) is 4.68 Å². The maximum Gasteiger partial charge on any atom is 0.255 e. The Kier molecular flexibility index (Phi) is 5.68. The predicted molar refractivity (Wildman–Crippen MR) is 93.6 cm³/mol. The van der Waals surface area contributed by atoms with E-state index in [1.807, 2.05) is 25.1 Å². The van der Waals surface area contributed by atoms with Gasteiger partial charge in [-0.15, -0.1) is 12.4 Å². The lowest BCUT2D eigenvalue weighted by Gasteiger charge is -2.15. The van der Waals surface area contributed by atoms with Crippen LogP contribution in [0.15, 0.2) is 30.5 Å². The van der Waals surface area contributed by atoms with E-state index in [1.54, 1.807) is 16.9 Å². The summed E-state index contributed by atoms with van der Waals surface area (Å²) in [6, 6.07) is 7.44. The largest absolute Gasteiger partial charge is 0.348 e. The van der Waals surface area contributed by atoms with E-state index in [9.17, 15) is 4.79 Å². The van der Waals surface area contributed by atoms with Crippen molar-refractivity contribution in [3.63, 3.8) is 0 Å². The molecule has 1 heterocycles. The third kappa shape index (κ3) is 3.86. The Labute approximate surface area is 146 Å². The van der Waals surface area contributed by atoms with Gasteiger partial charge in [0.15, 0.2) is 0 Å². The number of nitrogens with two attached hydrogens (primary N) is 1. The number of carbonyl (C=O) groups is 1. The second kappa shape index (κ2) is 7.34. The predicted octanol–water partition coefficient (Wildman–Crippen LogP) is 2.72. The third-order valence-electron chi connectivity index (χ3n) is 4.07. The summed E-state index contributed by atoms with van der Waals surface area (Å²) in [6.45, 7) is 2.34. The maximum absolute atomic E-state index is 12.4. The SMILES string of the molecule is Cc1c(C(=O)NC(CN)C2CC2)cnn1-c1cccc(Cl)c1.Cl. The van der Waals surface area contributed by atoms with Gasteiger partial charge in [0.25, 0.3) is 5.91 Å². The molecule has 5 nitrogen and oxygen atoms in total. The minimum atomic E-state index is -0.117. The highest BCUT2D eigenvalue weighted by Gasteiger charge is 2.32. The summed E-state index contributed by atoms with van der Waals surface area (Å²) >= 11 is 6.01. The Morgan fingerprint density at radius 2 is 2.26 bits per heavy atom. The number of hydrogen-bond donors (Lipinski definition) is 2. The highest BCUT2D eigenvalue weighted by molar-refractivity contribution is 6.30. The molecule has 0 saturated heterocycles. The minimum Gasteiger partial charge on any atom is -0.348 e. The Morgan fingerprint density at radius 1 is 1.52 bits per heavy atom. The fraction of sp³-hybridized carbons (Fsp3) is 0.375. The fourth-order valence-electron chi connectivity index (χ4n) is 2.61. The number of benzene rings is 1. The molecule has 1 aromatic heterocycles. The second-order valence-corrected chi connectivity index (χ2v) is 6.12. The monoisotopic (exact) mass is 354 g/mol.